The van der Waals surface area contributed by atoms with Gasteiger partial charge in [-0.25, -0.2) is 9.97 Å². The second-order valence-electron chi connectivity index (χ2n) is 4.16. The Kier molecular flexibility index (Phi) is 2.59. The van der Waals surface area contributed by atoms with Crippen LogP contribution in [0.3, 0.4) is 0 Å². The molecule has 1 aromatic heterocycles. The quantitative estimate of drug-likeness (QED) is 0.701. The van der Waals surface area contributed by atoms with Crippen molar-refractivity contribution in [3.63, 3.8) is 0 Å². The van der Waals surface area contributed by atoms with Gasteiger partial charge in [-0.1, -0.05) is 6.92 Å². The predicted octanol–water partition coefficient (Wildman–Crippen LogP) is 1.93. The Bertz CT molecular complexity index is 303. The second kappa shape index (κ2) is 3.73. The summed E-state index contributed by atoms with van der Waals surface area (Å²) in [5, 5.41) is 0. The molecule has 0 saturated carbocycles. The third-order valence-corrected chi connectivity index (χ3v) is 3.36. The molecule has 76 valence electrons. The van der Waals surface area contributed by atoms with E-state index in [-0.39, 0.29) is 5.41 Å². The van der Waals surface area contributed by atoms with E-state index in [1.807, 2.05) is 6.07 Å². The molecule has 3 nitrogen and oxygen atoms in total. The van der Waals surface area contributed by atoms with Crippen LogP contribution in [0.25, 0.3) is 0 Å². The summed E-state index contributed by atoms with van der Waals surface area (Å²) in [6, 6.07) is 1.83. The Labute approximate surface area is 89.1 Å². The Morgan fingerprint density at radius 1 is 1.50 bits per heavy atom. The first-order valence-electron chi connectivity index (χ1n) is 4.81. The fourth-order valence-electron chi connectivity index (χ4n) is 1.76. The van der Waals surface area contributed by atoms with Gasteiger partial charge in [-0.3, -0.25) is 0 Å². The van der Waals surface area contributed by atoms with E-state index in [4.69, 9.17) is 11.6 Å². The van der Waals surface area contributed by atoms with E-state index in [0.717, 1.165) is 25.5 Å². The summed E-state index contributed by atoms with van der Waals surface area (Å²) >= 11 is 5.93. The Morgan fingerprint density at radius 2 is 2.21 bits per heavy atom. The van der Waals surface area contributed by atoms with Gasteiger partial charge in [0.25, 0.3) is 0 Å². The van der Waals surface area contributed by atoms with Crippen molar-refractivity contribution in [1.82, 2.24) is 9.97 Å². The van der Waals surface area contributed by atoms with E-state index in [2.05, 4.69) is 21.8 Å². The van der Waals surface area contributed by atoms with Crippen molar-refractivity contribution >= 4 is 17.5 Å². The first-order valence-corrected chi connectivity index (χ1v) is 5.35. The van der Waals surface area contributed by atoms with Crippen molar-refractivity contribution in [2.24, 2.45) is 5.41 Å². The minimum absolute atomic E-state index is 0.223. The summed E-state index contributed by atoms with van der Waals surface area (Å²) in [6.45, 7) is 4.18. The summed E-state index contributed by atoms with van der Waals surface area (Å²) in [4.78, 5) is 10.7. The van der Waals surface area contributed by atoms with Gasteiger partial charge in [-0.2, -0.15) is 0 Å². The van der Waals surface area contributed by atoms with Crippen LogP contribution in [0.1, 0.15) is 13.3 Å². The molecule has 0 spiro atoms. The van der Waals surface area contributed by atoms with Crippen LogP contribution in [0.4, 0.5) is 5.95 Å². The third kappa shape index (κ3) is 1.82. The molecule has 0 radical (unpaired) electrons. The molecule has 1 saturated heterocycles. The van der Waals surface area contributed by atoms with E-state index in [1.54, 1.807) is 12.4 Å². The summed E-state index contributed by atoms with van der Waals surface area (Å²) in [5.41, 5.74) is 0.223. The maximum Gasteiger partial charge on any atom is 0.225 e. The molecule has 14 heavy (non-hydrogen) atoms. The second-order valence-corrected chi connectivity index (χ2v) is 4.43. The Balaban J connectivity index is 2.10. The number of hydrogen-bond donors (Lipinski definition) is 0. The molecular formula is C10H14ClN3. The van der Waals surface area contributed by atoms with Crippen LogP contribution in [-0.4, -0.2) is 28.9 Å². The number of alkyl halides is 1. The lowest BCUT2D eigenvalue weighted by Crippen LogP contribution is -2.27. The number of hydrogen-bond acceptors (Lipinski definition) is 3. The molecule has 0 N–H and O–H groups in total. The molecule has 0 amide bonds. The Hall–Kier alpha value is -0.830. The Morgan fingerprint density at radius 3 is 2.79 bits per heavy atom. The number of rotatable bonds is 2. The minimum atomic E-state index is 0.223. The molecule has 1 aliphatic heterocycles. The summed E-state index contributed by atoms with van der Waals surface area (Å²) in [7, 11) is 0. The predicted molar refractivity (Wildman–Crippen MR) is 57.7 cm³/mol. The van der Waals surface area contributed by atoms with Gasteiger partial charge in [0.15, 0.2) is 0 Å². The fraction of sp³-hybridized carbons (Fsp3) is 0.600. The number of nitrogens with zero attached hydrogens (tertiary/aromatic N) is 3. The first-order chi connectivity index (χ1) is 6.73. The molecular weight excluding hydrogens is 198 g/mol. The zero-order chi connectivity index (χ0) is 10.0. The molecule has 1 aromatic rings. The van der Waals surface area contributed by atoms with Crippen molar-refractivity contribution in [2.75, 3.05) is 23.9 Å². The van der Waals surface area contributed by atoms with Gasteiger partial charge in [-0.05, 0) is 12.5 Å². The van der Waals surface area contributed by atoms with Crippen LogP contribution in [0.15, 0.2) is 18.5 Å². The normalized spacial score (nSPS) is 26.9. The molecule has 0 bridgehead atoms. The zero-order valence-electron chi connectivity index (χ0n) is 8.28. The maximum absolute atomic E-state index is 5.93. The molecule has 1 atom stereocenters. The SMILES string of the molecule is CC1(CCl)CCN(c2ncccn2)C1. The van der Waals surface area contributed by atoms with Gasteiger partial charge >= 0.3 is 0 Å². The lowest BCUT2D eigenvalue weighted by atomic mass is 9.93. The monoisotopic (exact) mass is 211 g/mol. The molecule has 4 heteroatoms. The smallest absolute Gasteiger partial charge is 0.225 e. The highest BCUT2D eigenvalue weighted by atomic mass is 35.5. The van der Waals surface area contributed by atoms with E-state index < -0.39 is 0 Å². The van der Waals surface area contributed by atoms with Crippen LogP contribution < -0.4 is 4.90 Å². The highest BCUT2D eigenvalue weighted by Crippen LogP contribution is 2.32. The van der Waals surface area contributed by atoms with Crippen molar-refractivity contribution in [3.05, 3.63) is 18.5 Å². The van der Waals surface area contributed by atoms with Gasteiger partial charge in [0.2, 0.25) is 5.95 Å². The van der Waals surface area contributed by atoms with Crippen LogP contribution in [0.2, 0.25) is 0 Å². The topological polar surface area (TPSA) is 29.0 Å². The zero-order valence-corrected chi connectivity index (χ0v) is 9.04. The first kappa shape index (κ1) is 9.71. The highest BCUT2D eigenvalue weighted by molar-refractivity contribution is 6.18. The van der Waals surface area contributed by atoms with E-state index in [9.17, 15) is 0 Å². The molecule has 2 rings (SSSR count). The number of halogens is 1. The van der Waals surface area contributed by atoms with Gasteiger partial charge < -0.3 is 4.90 Å². The summed E-state index contributed by atoms with van der Waals surface area (Å²) in [5.74, 6) is 1.53. The van der Waals surface area contributed by atoms with Crippen molar-refractivity contribution in [3.8, 4) is 0 Å². The molecule has 1 unspecified atom stereocenters. The van der Waals surface area contributed by atoms with Crippen LogP contribution in [-0.2, 0) is 0 Å². The average Bonchev–Trinajstić information content (AvgIpc) is 2.63. The largest absolute Gasteiger partial charge is 0.340 e. The van der Waals surface area contributed by atoms with Crippen molar-refractivity contribution in [1.29, 1.82) is 0 Å². The van der Waals surface area contributed by atoms with Crippen LogP contribution in [0, 0.1) is 5.41 Å². The third-order valence-electron chi connectivity index (χ3n) is 2.72. The van der Waals surface area contributed by atoms with E-state index in [0.29, 0.717) is 5.88 Å². The highest BCUT2D eigenvalue weighted by Gasteiger charge is 2.33. The van der Waals surface area contributed by atoms with Gasteiger partial charge in [0.1, 0.15) is 0 Å². The number of anilines is 1. The fourth-order valence-corrected chi connectivity index (χ4v) is 1.98. The maximum atomic E-state index is 5.93. The molecule has 0 aromatic carbocycles. The van der Waals surface area contributed by atoms with E-state index in [1.165, 1.54) is 0 Å². The van der Waals surface area contributed by atoms with Gasteiger partial charge in [0, 0.05) is 36.8 Å². The molecule has 2 heterocycles. The minimum Gasteiger partial charge on any atom is -0.340 e. The van der Waals surface area contributed by atoms with Crippen LogP contribution in [0.5, 0.6) is 0 Å². The average molecular weight is 212 g/mol. The van der Waals surface area contributed by atoms with Gasteiger partial charge in [0.05, 0.1) is 0 Å². The van der Waals surface area contributed by atoms with Crippen LogP contribution >= 0.6 is 11.6 Å². The molecule has 1 fully saturated rings. The lowest BCUT2D eigenvalue weighted by molar-refractivity contribution is 0.425. The van der Waals surface area contributed by atoms with E-state index >= 15 is 0 Å². The standard InChI is InChI=1S/C10H14ClN3/c1-10(7-11)3-6-14(8-10)9-12-4-2-5-13-9/h2,4-5H,3,6-8H2,1H3. The lowest BCUT2D eigenvalue weighted by Gasteiger charge is -2.21. The van der Waals surface area contributed by atoms with Gasteiger partial charge in [-0.15, -0.1) is 11.6 Å². The summed E-state index contributed by atoms with van der Waals surface area (Å²) < 4.78 is 0. The van der Waals surface area contributed by atoms with Crippen molar-refractivity contribution in [2.45, 2.75) is 13.3 Å². The number of aromatic nitrogens is 2. The van der Waals surface area contributed by atoms with Crippen molar-refractivity contribution < 1.29 is 0 Å². The molecule has 1 aliphatic rings. The summed E-state index contributed by atoms with van der Waals surface area (Å²) in [6.07, 6.45) is 4.67. The molecule has 0 aliphatic carbocycles.